The number of amides is 1. The Kier molecular flexibility index (Phi) is 5.29. The van der Waals surface area contributed by atoms with E-state index in [0.717, 1.165) is 0 Å². The van der Waals surface area contributed by atoms with Gasteiger partial charge in [0.15, 0.2) is 6.04 Å². The number of carboxylic acid groups (broad SMARTS) is 1. The number of hydrogen-bond donors (Lipinski definition) is 1. The molecule has 16 heavy (non-hydrogen) atoms. The van der Waals surface area contributed by atoms with Crippen LogP contribution in [0.5, 0.6) is 0 Å². The Hall–Kier alpha value is -1.24. The van der Waals surface area contributed by atoms with Crippen molar-refractivity contribution in [3.63, 3.8) is 0 Å². The van der Waals surface area contributed by atoms with Crippen molar-refractivity contribution in [1.82, 2.24) is 5.06 Å². The molecule has 0 aromatic heterocycles. The summed E-state index contributed by atoms with van der Waals surface area (Å²) in [6.07, 6.45) is -3.71. The molecule has 1 N–H and O–H groups in total. The Morgan fingerprint density at radius 2 is 2.00 bits per heavy atom. The zero-order chi connectivity index (χ0) is 12.9. The Morgan fingerprint density at radius 3 is 2.25 bits per heavy atom. The van der Waals surface area contributed by atoms with Crippen LogP contribution in [0.4, 0.5) is 8.78 Å². The van der Waals surface area contributed by atoms with Gasteiger partial charge in [-0.1, -0.05) is 0 Å². The Morgan fingerprint density at radius 1 is 1.50 bits per heavy atom. The lowest BCUT2D eigenvalue weighted by Crippen LogP contribution is -2.45. The molecule has 1 amide bonds. The van der Waals surface area contributed by atoms with E-state index in [-0.39, 0.29) is 6.41 Å². The monoisotopic (exact) mass is 239 g/mol. The summed E-state index contributed by atoms with van der Waals surface area (Å²) in [6, 6.07) is -1.68. The quantitative estimate of drug-likeness (QED) is 0.560. The molecule has 0 spiro atoms. The minimum atomic E-state index is -2.83. The summed E-state index contributed by atoms with van der Waals surface area (Å²) in [5.41, 5.74) is -0.837. The molecule has 7 heteroatoms. The van der Waals surface area contributed by atoms with Crippen molar-refractivity contribution in [3.05, 3.63) is 0 Å². The predicted octanol–water partition coefficient (Wildman–Crippen LogP) is 1.28. The van der Waals surface area contributed by atoms with E-state index in [0.29, 0.717) is 5.06 Å². The van der Waals surface area contributed by atoms with Gasteiger partial charge >= 0.3 is 5.97 Å². The van der Waals surface area contributed by atoms with E-state index < -0.39 is 30.5 Å². The normalized spacial score (nSPS) is 13.6. The molecule has 0 aliphatic heterocycles. The molecule has 0 heterocycles. The number of hydrogen-bond acceptors (Lipinski definition) is 3. The zero-order valence-corrected chi connectivity index (χ0v) is 9.31. The molecule has 94 valence electrons. The van der Waals surface area contributed by atoms with Crippen LogP contribution in [0.15, 0.2) is 0 Å². The van der Waals surface area contributed by atoms with Gasteiger partial charge in [0.25, 0.3) is 0 Å². The molecule has 1 unspecified atom stereocenters. The van der Waals surface area contributed by atoms with E-state index in [9.17, 15) is 18.4 Å². The van der Waals surface area contributed by atoms with Crippen LogP contribution in [0.1, 0.15) is 27.2 Å². The standard InChI is InChI=1S/C9H15F2NO4/c1-9(2,3)16-12(5-13)6(8(14)15)4-7(10)11/h5-7H,4H2,1-3H3,(H,14,15). The van der Waals surface area contributed by atoms with E-state index >= 15 is 0 Å². The first-order valence-electron chi connectivity index (χ1n) is 4.61. The number of carbonyl (C=O) groups is 2. The number of alkyl halides is 2. The first-order chi connectivity index (χ1) is 7.17. The second-order valence-corrected chi connectivity index (χ2v) is 4.15. The van der Waals surface area contributed by atoms with Crippen molar-refractivity contribution in [3.8, 4) is 0 Å². The molecule has 0 fully saturated rings. The summed E-state index contributed by atoms with van der Waals surface area (Å²) in [4.78, 5) is 26.3. The van der Waals surface area contributed by atoms with Crippen molar-refractivity contribution >= 4 is 12.4 Å². The maximum Gasteiger partial charge on any atom is 0.329 e. The van der Waals surface area contributed by atoms with E-state index in [1.165, 1.54) is 0 Å². The molecule has 0 aromatic carbocycles. The average Bonchev–Trinajstić information content (AvgIpc) is 2.08. The lowest BCUT2D eigenvalue weighted by Gasteiger charge is -2.30. The minimum Gasteiger partial charge on any atom is -0.480 e. The number of nitrogens with zero attached hydrogens (tertiary/aromatic N) is 1. The highest BCUT2D eigenvalue weighted by molar-refractivity contribution is 5.75. The maximum atomic E-state index is 12.1. The molecule has 0 aliphatic carbocycles. The molecule has 0 saturated carbocycles. The average molecular weight is 239 g/mol. The smallest absolute Gasteiger partial charge is 0.329 e. The number of halogens is 2. The molecule has 1 atom stereocenters. The number of carbonyl (C=O) groups excluding carboxylic acids is 1. The summed E-state index contributed by atoms with van der Waals surface area (Å²) < 4.78 is 24.2. The number of carboxylic acids is 1. The second kappa shape index (κ2) is 5.74. The maximum absolute atomic E-state index is 12.1. The van der Waals surface area contributed by atoms with Gasteiger partial charge in [-0.15, -0.1) is 0 Å². The molecule has 0 rings (SSSR count). The fourth-order valence-corrected chi connectivity index (χ4v) is 0.957. The lowest BCUT2D eigenvalue weighted by atomic mass is 10.2. The van der Waals surface area contributed by atoms with E-state index in [1.807, 2.05) is 0 Å². The molecule has 0 aliphatic rings. The van der Waals surface area contributed by atoms with Crippen molar-refractivity contribution in [1.29, 1.82) is 0 Å². The van der Waals surface area contributed by atoms with E-state index in [1.54, 1.807) is 20.8 Å². The minimum absolute atomic E-state index is 0.0897. The predicted molar refractivity (Wildman–Crippen MR) is 50.8 cm³/mol. The van der Waals surface area contributed by atoms with Crippen molar-refractivity contribution in [2.75, 3.05) is 0 Å². The van der Waals surface area contributed by atoms with Crippen molar-refractivity contribution in [2.45, 2.75) is 45.3 Å². The summed E-state index contributed by atoms with van der Waals surface area (Å²) in [5.74, 6) is -1.53. The first kappa shape index (κ1) is 14.8. The SMILES string of the molecule is CC(C)(C)ON(C=O)C(CC(F)F)C(=O)O. The van der Waals surface area contributed by atoms with E-state index in [2.05, 4.69) is 0 Å². The topological polar surface area (TPSA) is 66.8 Å². The van der Waals surface area contributed by atoms with Gasteiger partial charge < -0.3 is 5.11 Å². The molecule has 0 saturated heterocycles. The molecule has 5 nitrogen and oxygen atoms in total. The van der Waals surface area contributed by atoms with Gasteiger partial charge in [0.2, 0.25) is 12.8 Å². The molecule has 0 bridgehead atoms. The number of hydroxylamine groups is 2. The van der Waals surface area contributed by atoms with Crippen LogP contribution in [-0.2, 0) is 14.4 Å². The highest BCUT2D eigenvalue weighted by Crippen LogP contribution is 2.16. The number of rotatable bonds is 6. The first-order valence-corrected chi connectivity index (χ1v) is 4.61. The van der Waals surface area contributed by atoms with Gasteiger partial charge in [-0.3, -0.25) is 9.63 Å². The zero-order valence-electron chi connectivity index (χ0n) is 9.31. The molecule has 0 aromatic rings. The highest BCUT2D eigenvalue weighted by atomic mass is 19.3. The van der Waals surface area contributed by atoms with Crippen LogP contribution in [0.25, 0.3) is 0 Å². The Bertz CT molecular complexity index is 252. The summed E-state index contributed by atoms with van der Waals surface area (Å²) >= 11 is 0. The van der Waals surface area contributed by atoms with Crippen LogP contribution in [0.2, 0.25) is 0 Å². The van der Waals surface area contributed by atoms with Crippen LogP contribution >= 0.6 is 0 Å². The van der Waals surface area contributed by atoms with Gasteiger partial charge in [-0.25, -0.2) is 18.6 Å². The van der Waals surface area contributed by atoms with Gasteiger partial charge in [-0.2, -0.15) is 0 Å². The third-order valence-electron chi connectivity index (χ3n) is 1.48. The van der Waals surface area contributed by atoms with Gasteiger partial charge in [-0.05, 0) is 20.8 Å². The summed E-state index contributed by atoms with van der Waals surface area (Å²) in [7, 11) is 0. The van der Waals surface area contributed by atoms with Crippen LogP contribution in [0, 0.1) is 0 Å². The Labute approximate surface area is 91.9 Å². The van der Waals surface area contributed by atoms with Crippen LogP contribution in [0.3, 0.4) is 0 Å². The van der Waals surface area contributed by atoms with Crippen LogP contribution < -0.4 is 0 Å². The highest BCUT2D eigenvalue weighted by Gasteiger charge is 2.31. The molecular weight excluding hydrogens is 224 g/mol. The summed E-state index contributed by atoms with van der Waals surface area (Å²) in [5, 5.41) is 9.12. The van der Waals surface area contributed by atoms with E-state index in [4.69, 9.17) is 9.94 Å². The fraction of sp³-hybridized carbons (Fsp3) is 0.778. The van der Waals surface area contributed by atoms with Gasteiger partial charge in [0.05, 0.1) is 5.60 Å². The third kappa shape index (κ3) is 5.59. The number of aliphatic carboxylic acids is 1. The third-order valence-corrected chi connectivity index (χ3v) is 1.48. The van der Waals surface area contributed by atoms with Gasteiger partial charge in [0.1, 0.15) is 0 Å². The van der Waals surface area contributed by atoms with Crippen molar-refractivity contribution in [2.24, 2.45) is 0 Å². The molecular formula is C9H15F2NO4. The van der Waals surface area contributed by atoms with Gasteiger partial charge in [0, 0.05) is 6.42 Å². The largest absolute Gasteiger partial charge is 0.480 e. The Balaban J connectivity index is 4.72. The summed E-state index contributed by atoms with van der Waals surface area (Å²) in [6.45, 7) is 4.72. The van der Waals surface area contributed by atoms with Crippen LogP contribution in [-0.4, -0.2) is 40.6 Å². The lowest BCUT2D eigenvalue weighted by molar-refractivity contribution is -0.237. The molecule has 0 radical (unpaired) electrons. The second-order valence-electron chi connectivity index (χ2n) is 4.15. The fourth-order valence-electron chi connectivity index (χ4n) is 0.957. The van der Waals surface area contributed by atoms with Crippen molar-refractivity contribution < 1.29 is 28.3 Å².